The van der Waals surface area contributed by atoms with Crippen LogP contribution in [0.4, 0.5) is 0 Å². The van der Waals surface area contributed by atoms with Gasteiger partial charge >= 0.3 is 0 Å². The number of halogens is 1. The molecule has 1 aromatic heterocycles. The van der Waals surface area contributed by atoms with Crippen molar-refractivity contribution in [2.24, 2.45) is 7.05 Å². The summed E-state index contributed by atoms with van der Waals surface area (Å²) in [4.78, 5) is 0. The van der Waals surface area contributed by atoms with Crippen LogP contribution < -0.4 is 4.74 Å². The van der Waals surface area contributed by atoms with Crippen LogP contribution in [0, 0.1) is 11.8 Å². The summed E-state index contributed by atoms with van der Waals surface area (Å²) in [7, 11) is 1.88. The van der Waals surface area contributed by atoms with Gasteiger partial charge < -0.3 is 4.74 Å². The van der Waals surface area contributed by atoms with Crippen LogP contribution in [0.2, 0.25) is 0 Å². The molecule has 1 aromatic carbocycles. The minimum absolute atomic E-state index is 0.488. The van der Waals surface area contributed by atoms with E-state index in [1.54, 1.807) is 10.9 Å². The second kappa shape index (κ2) is 6.86. The van der Waals surface area contributed by atoms with Crippen molar-refractivity contribution in [3.63, 3.8) is 0 Å². The molecule has 0 amide bonds. The van der Waals surface area contributed by atoms with Gasteiger partial charge in [0, 0.05) is 31.1 Å². The highest BCUT2D eigenvalue weighted by Gasteiger charge is 2.02. The molecule has 3 nitrogen and oxygen atoms in total. The molecule has 0 aliphatic rings. The number of nitrogens with zero attached hydrogens (tertiary/aromatic N) is 2. The van der Waals surface area contributed by atoms with Crippen LogP contribution >= 0.6 is 11.6 Å². The minimum Gasteiger partial charge on any atom is -0.487 e. The van der Waals surface area contributed by atoms with Gasteiger partial charge in [-0.2, -0.15) is 5.10 Å². The zero-order chi connectivity index (χ0) is 13.5. The number of para-hydroxylation sites is 1. The van der Waals surface area contributed by atoms with Crippen molar-refractivity contribution in [1.29, 1.82) is 0 Å². The molecule has 0 bridgehead atoms. The number of benzene rings is 1. The summed E-state index contributed by atoms with van der Waals surface area (Å²) in [6.07, 6.45) is 4.40. The van der Waals surface area contributed by atoms with Crippen molar-refractivity contribution in [3.05, 3.63) is 47.8 Å². The van der Waals surface area contributed by atoms with E-state index in [1.807, 2.05) is 37.5 Å². The summed E-state index contributed by atoms with van der Waals surface area (Å²) < 4.78 is 7.53. The van der Waals surface area contributed by atoms with Gasteiger partial charge in [-0.1, -0.05) is 24.0 Å². The van der Waals surface area contributed by atoms with Gasteiger partial charge in [-0.25, -0.2) is 0 Å². The smallest absolute Gasteiger partial charge is 0.135 e. The van der Waals surface area contributed by atoms with E-state index in [1.165, 1.54) is 0 Å². The minimum atomic E-state index is 0.488. The number of hydrogen-bond acceptors (Lipinski definition) is 2. The van der Waals surface area contributed by atoms with E-state index in [4.69, 9.17) is 16.3 Å². The average molecular weight is 275 g/mol. The summed E-state index contributed by atoms with van der Waals surface area (Å²) >= 11 is 5.61. The fourth-order valence-corrected chi connectivity index (χ4v) is 1.70. The first kappa shape index (κ1) is 13.5. The lowest BCUT2D eigenvalue weighted by atomic mass is 10.2. The molecule has 0 aliphatic heterocycles. The van der Waals surface area contributed by atoms with E-state index < -0.39 is 0 Å². The highest BCUT2D eigenvalue weighted by Crippen LogP contribution is 2.18. The van der Waals surface area contributed by atoms with Gasteiger partial charge in [-0.15, -0.1) is 11.6 Å². The first-order chi connectivity index (χ1) is 9.29. The third-order valence-corrected chi connectivity index (χ3v) is 2.67. The molecule has 19 heavy (non-hydrogen) atoms. The van der Waals surface area contributed by atoms with Crippen molar-refractivity contribution in [3.8, 4) is 17.6 Å². The number of ether oxygens (including phenoxy) is 1. The molecule has 0 N–H and O–H groups in total. The molecule has 0 saturated carbocycles. The van der Waals surface area contributed by atoms with Crippen LogP contribution in [0.25, 0.3) is 0 Å². The monoisotopic (exact) mass is 274 g/mol. The molecule has 0 radical (unpaired) electrons. The fraction of sp³-hybridized carbons (Fsp3) is 0.267. The molecule has 0 fully saturated rings. The zero-order valence-electron chi connectivity index (χ0n) is 10.8. The molecular weight excluding hydrogens is 260 g/mol. The van der Waals surface area contributed by atoms with Crippen LogP contribution in [0.15, 0.2) is 36.7 Å². The fourth-order valence-electron chi connectivity index (χ4n) is 1.61. The normalized spacial score (nSPS) is 9.79. The first-order valence-electron chi connectivity index (χ1n) is 6.04. The predicted octanol–water partition coefficient (Wildman–Crippen LogP) is 2.98. The molecule has 98 valence electrons. The third kappa shape index (κ3) is 4.04. The maximum absolute atomic E-state index is 5.78. The van der Waals surface area contributed by atoms with Gasteiger partial charge in [-0.05, 0) is 12.1 Å². The van der Waals surface area contributed by atoms with E-state index in [0.717, 1.165) is 16.9 Å². The second-order valence-corrected chi connectivity index (χ2v) is 4.43. The topological polar surface area (TPSA) is 27.1 Å². The largest absolute Gasteiger partial charge is 0.487 e. The maximum atomic E-state index is 5.78. The quantitative estimate of drug-likeness (QED) is 0.633. The van der Waals surface area contributed by atoms with Gasteiger partial charge in [0.25, 0.3) is 0 Å². The molecule has 0 atom stereocenters. The van der Waals surface area contributed by atoms with Crippen molar-refractivity contribution in [2.45, 2.75) is 13.0 Å². The lowest BCUT2D eigenvalue weighted by molar-refractivity contribution is 0.305. The Balaban J connectivity index is 2.06. The van der Waals surface area contributed by atoms with Crippen molar-refractivity contribution in [2.75, 3.05) is 5.88 Å². The number of alkyl halides is 1. The highest BCUT2D eigenvalue weighted by molar-refractivity contribution is 6.18. The molecule has 0 unspecified atom stereocenters. The van der Waals surface area contributed by atoms with E-state index in [2.05, 4.69) is 16.9 Å². The molecule has 0 aliphatic carbocycles. The maximum Gasteiger partial charge on any atom is 0.135 e. The summed E-state index contributed by atoms with van der Waals surface area (Å²) in [5.74, 6) is 7.42. The number of hydrogen-bond donors (Lipinski definition) is 0. The van der Waals surface area contributed by atoms with E-state index in [9.17, 15) is 0 Å². The molecular formula is C15H15ClN2O. The molecule has 0 spiro atoms. The van der Waals surface area contributed by atoms with E-state index >= 15 is 0 Å². The first-order valence-corrected chi connectivity index (χ1v) is 6.57. The van der Waals surface area contributed by atoms with Crippen molar-refractivity contribution in [1.82, 2.24) is 9.78 Å². The molecule has 0 saturated heterocycles. The van der Waals surface area contributed by atoms with Gasteiger partial charge in [-0.3, -0.25) is 4.68 Å². The lowest BCUT2D eigenvalue weighted by Gasteiger charge is -2.06. The molecule has 1 heterocycles. The Morgan fingerprint density at radius 1 is 1.37 bits per heavy atom. The molecule has 4 heteroatoms. The number of aromatic nitrogens is 2. The van der Waals surface area contributed by atoms with E-state index in [-0.39, 0.29) is 0 Å². The summed E-state index contributed by atoms with van der Waals surface area (Å²) in [5, 5.41) is 4.11. The molecule has 2 aromatic rings. The Morgan fingerprint density at radius 3 is 2.95 bits per heavy atom. The van der Waals surface area contributed by atoms with Crippen LogP contribution in [0.5, 0.6) is 5.75 Å². The Morgan fingerprint density at radius 2 is 2.21 bits per heavy atom. The van der Waals surface area contributed by atoms with Crippen molar-refractivity contribution >= 4 is 11.6 Å². The Bertz CT molecular complexity index is 595. The SMILES string of the molecule is Cn1cc(COc2ccccc2C#CCCCl)cn1. The standard InChI is InChI=1S/C15H15ClN2O/c1-18-11-13(10-17-18)12-19-15-8-3-2-6-14(15)7-4-5-9-16/h2-3,6,8,10-11H,5,9,12H2,1H3. The Labute approximate surface area is 118 Å². The predicted molar refractivity (Wildman–Crippen MR) is 76.2 cm³/mol. The Hall–Kier alpha value is -1.92. The summed E-state index contributed by atoms with van der Waals surface area (Å²) in [6.45, 7) is 0.488. The van der Waals surface area contributed by atoms with E-state index in [0.29, 0.717) is 18.9 Å². The lowest BCUT2D eigenvalue weighted by Crippen LogP contribution is -1.96. The van der Waals surface area contributed by atoms with Crippen LogP contribution in [-0.4, -0.2) is 15.7 Å². The van der Waals surface area contributed by atoms with Crippen molar-refractivity contribution < 1.29 is 4.74 Å². The second-order valence-electron chi connectivity index (χ2n) is 4.05. The summed E-state index contributed by atoms with van der Waals surface area (Å²) in [6, 6.07) is 7.74. The van der Waals surface area contributed by atoms with Gasteiger partial charge in [0.1, 0.15) is 12.4 Å². The number of aryl methyl sites for hydroxylation is 1. The Kier molecular flexibility index (Phi) is 4.88. The zero-order valence-corrected chi connectivity index (χ0v) is 11.5. The third-order valence-electron chi connectivity index (χ3n) is 2.48. The van der Waals surface area contributed by atoms with Crippen LogP contribution in [0.1, 0.15) is 17.5 Å². The van der Waals surface area contributed by atoms with Crippen LogP contribution in [-0.2, 0) is 13.7 Å². The summed E-state index contributed by atoms with van der Waals surface area (Å²) in [5.41, 5.74) is 1.92. The van der Waals surface area contributed by atoms with Crippen LogP contribution in [0.3, 0.4) is 0 Å². The van der Waals surface area contributed by atoms with Gasteiger partial charge in [0.2, 0.25) is 0 Å². The highest BCUT2D eigenvalue weighted by atomic mass is 35.5. The average Bonchev–Trinajstić information content (AvgIpc) is 2.84. The number of rotatable bonds is 4. The van der Waals surface area contributed by atoms with Gasteiger partial charge in [0.05, 0.1) is 11.8 Å². The molecule has 2 rings (SSSR count). The van der Waals surface area contributed by atoms with Gasteiger partial charge in [0.15, 0.2) is 0 Å².